The molecule has 2 N–H and O–H groups in total. The molecule has 0 saturated carbocycles. The van der Waals surface area contributed by atoms with Crippen molar-refractivity contribution in [3.63, 3.8) is 0 Å². The molecule has 1 amide bonds. The third-order valence-corrected chi connectivity index (χ3v) is 3.28. The molecule has 18 heavy (non-hydrogen) atoms. The van der Waals surface area contributed by atoms with Gasteiger partial charge in [-0.25, -0.2) is 9.97 Å². The highest BCUT2D eigenvalue weighted by atomic mass is 127. The van der Waals surface area contributed by atoms with Crippen LogP contribution in [0.15, 0.2) is 30.6 Å². The van der Waals surface area contributed by atoms with Crippen molar-refractivity contribution in [2.75, 3.05) is 5.32 Å². The van der Waals surface area contributed by atoms with Crippen molar-refractivity contribution in [1.29, 1.82) is 0 Å². The molecule has 0 fully saturated rings. The number of benzene rings is 1. The Hall–Kier alpha value is -1.41. The largest absolute Gasteiger partial charge is 0.507 e. The van der Waals surface area contributed by atoms with Crippen LogP contribution in [-0.2, 0) is 0 Å². The third kappa shape index (κ3) is 2.88. The number of halogens is 2. The number of phenols is 1. The van der Waals surface area contributed by atoms with E-state index < -0.39 is 5.91 Å². The first kappa shape index (κ1) is 13.0. The monoisotopic (exact) mass is 375 g/mol. The van der Waals surface area contributed by atoms with Crippen LogP contribution in [0.4, 0.5) is 5.82 Å². The minimum atomic E-state index is -0.413. The van der Waals surface area contributed by atoms with Crippen LogP contribution in [-0.4, -0.2) is 21.0 Å². The van der Waals surface area contributed by atoms with Gasteiger partial charge < -0.3 is 10.4 Å². The molecule has 0 atom stereocenters. The Labute approximate surface area is 121 Å². The summed E-state index contributed by atoms with van der Waals surface area (Å²) >= 11 is 7.74. The highest BCUT2D eigenvalue weighted by Crippen LogP contribution is 2.21. The number of aromatic hydroxyl groups is 1. The fraction of sp³-hybridized carbons (Fsp3) is 0. The Morgan fingerprint density at radius 2 is 2.06 bits per heavy atom. The van der Waals surface area contributed by atoms with Crippen LogP contribution in [0.2, 0.25) is 5.15 Å². The molecule has 1 aromatic carbocycles. The molecule has 0 bridgehead atoms. The number of carbonyl (C=O) groups is 1. The van der Waals surface area contributed by atoms with Crippen LogP contribution in [0.5, 0.6) is 5.75 Å². The van der Waals surface area contributed by atoms with Crippen LogP contribution < -0.4 is 5.32 Å². The number of hydrogen-bond donors (Lipinski definition) is 2. The number of anilines is 1. The number of amides is 1. The molecule has 92 valence electrons. The zero-order valence-electron chi connectivity index (χ0n) is 8.89. The molecule has 0 unspecified atom stereocenters. The Kier molecular flexibility index (Phi) is 3.97. The van der Waals surface area contributed by atoms with E-state index in [1.165, 1.54) is 18.5 Å². The minimum Gasteiger partial charge on any atom is -0.507 e. The van der Waals surface area contributed by atoms with Crippen LogP contribution >= 0.6 is 34.2 Å². The normalized spacial score (nSPS) is 10.1. The summed E-state index contributed by atoms with van der Waals surface area (Å²) < 4.78 is 0.668. The Morgan fingerprint density at radius 1 is 1.33 bits per heavy atom. The molecule has 0 aliphatic carbocycles. The Morgan fingerprint density at radius 3 is 2.72 bits per heavy atom. The van der Waals surface area contributed by atoms with Gasteiger partial charge in [0.25, 0.3) is 5.91 Å². The molecule has 1 aromatic heterocycles. The lowest BCUT2D eigenvalue weighted by atomic mass is 10.2. The standard InChI is InChI=1S/C11H7ClIN3O2/c12-9-10(15-4-3-14-9)16-11(18)6-1-2-7(13)8(17)5-6/h1-5,17H,(H,15,16,18). The van der Waals surface area contributed by atoms with E-state index in [0.29, 0.717) is 9.13 Å². The molecular formula is C11H7ClIN3O2. The molecule has 0 saturated heterocycles. The summed E-state index contributed by atoms with van der Waals surface area (Å²) in [6.45, 7) is 0. The van der Waals surface area contributed by atoms with Gasteiger partial charge in [-0.15, -0.1) is 0 Å². The first-order valence-electron chi connectivity index (χ1n) is 4.84. The second-order valence-electron chi connectivity index (χ2n) is 3.32. The molecule has 2 rings (SSSR count). The maximum absolute atomic E-state index is 11.9. The predicted octanol–water partition coefficient (Wildman–Crippen LogP) is 2.69. The van der Waals surface area contributed by atoms with E-state index in [-0.39, 0.29) is 16.7 Å². The number of aromatic nitrogens is 2. The highest BCUT2D eigenvalue weighted by Gasteiger charge is 2.11. The summed E-state index contributed by atoms with van der Waals surface area (Å²) in [5.74, 6) is -0.181. The topological polar surface area (TPSA) is 75.1 Å². The van der Waals surface area contributed by atoms with Gasteiger partial charge in [0, 0.05) is 18.0 Å². The molecule has 5 nitrogen and oxygen atoms in total. The smallest absolute Gasteiger partial charge is 0.257 e. The first-order valence-corrected chi connectivity index (χ1v) is 6.30. The van der Waals surface area contributed by atoms with Crippen molar-refractivity contribution in [1.82, 2.24) is 9.97 Å². The molecule has 7 heteroatoms. The summed E-state index contributed by atoms with van der Waals surface area (Å²) in [6.07, 6.45) is 2.85. The molecule has 0 spiro atoms. The average molecular weight is 376 g/mol. The lowest BCUT2D eigenvalue weighted by Crippen LogP contribution is -2.13. The number of nitrogens with zero attached hydrogens (tertiary/aromatic N) is 2. The van der Waals surface area contributed by atoms with E-state index >= 15 is 0 Å². The predicted molar refractivity (Wildman–Crippen MR) is 75.8 cm³/mol. The lowest BCUT2D eigenvalue weighted by Gasteiger charge is -2.06. The van der Waals surface area contributed by atoms with Crippen LogP contribution in [0, 0.1) is 3.57 Å². The molecule has 0 radical (unpaired) electrons. The van der Waals surface area contributed by atoms with Gasteiger partial charge in [0.05, 0.1) is 3.57 Å². The van der Waals surface area contributed by atoms with E-state index in [0.717, 1.165) is 0 Å². The molecule has 0 aliphatic heterocycles. The maximum atomic E-state index is 11.9. The van der Waals surface area contributed by atoms with Crippen molar-refractivity contribution < 1.29 is 9.90 Å². The Bertz CT molecular complexity index is 607. The van der Waals surface area contributed by atoms with E-state index in [2.05, 4.69) is 15.3 Å². The summed E-state index contributed by atoms with van der Waals surface area (Å²) in [5.41, 5.74) is 0.314. The fourth-order valence-electron chi connectivity index (χ4n) is 1.24. The number of phenolic OH excluding ortho intramolecular Hbond substituents is 1. The summed E-state index contributed by atoms with van der Waals surface area (Å²) in [5, 5.41) is 12.2. The zero-order valence-corrected chi connectivity index (χ0v) is 11.8. The van der Waals surface area contributed by atoms with E-state index in [9.17, 15) is 9.90 Å². The van der Waals surface area contributed by atoms with Gasteiger partial charge in [-0.05, 0) is 40.8 Å². The van der Waals surface area contributed by atoms with Crippen LogP contribution in [0.1, 0.15) is 10.4 Å². The van der Waals surface area contributed by atoms with Gasteiger partial charge in [0.2, 0.25) is 0 Å². The fourth-order valence-corrected chi connectivity index (χ4v) is 1.73. The van der Waals surface area contributed by atoms with Crippen LogP contribution in [0.3, 0.4) is 0 Å². The number of nitrogens with one attached hydrogen (secondary N) is 1. The third-order valence-electron chi connectivity index (χ3n) is 2.09. The number of hydrogen-bond acceptors (Lipinski definition) is 4. The second kappa shape index (κ2) is 5.49. The molecular weight excluding hydrogens is 368 g/mol. The van der Waals surface area contributed by atoms with Crippen molar-refractivity contribution in [2.24, 2.45) is 0 Å². The molecule has 1 heterocycles. The number of carbonyl (C=O) groups excluding carboxylic acids is 1. The van der Waals surface area contributed by atoms with Crippen molar-refractivity contribution in [3.8, 4) is 5.75 Å². The maximum Gasteiger partial charge on any atom is 0.257 e. The average Bonchev–Trinajstić information content (AvgIpc) is 2.35. The molecule has 0 aliphatic rings. The SMILES string of the molecule is O=C(Nc1nccnc1Cl)c1ccc(I)c(O)c1. The van der Waals surface area contributed by atoms with E-state index in [1.807, 2.05) is 22.6 Å². The summed E-state index contributed by atoms with van der Waals surface area (Å²) in [4.78, 5) is 19.6. The lowest BCUT2D eigenvalue weighted by molar-refractivity contribution is 0.102. The van der Waals surface area contributed by atoms with Crippen LogP contribution in [0.25, 0.3) is 0 Å². The summed E-state index contributed by atoms with van der Waals surface area (Å²) in [7, 11) is 0. The molecule has 2 aromatic rings. The quantitative estimate of drug-likeness (QED) is 0.792. The van der Waals surface area contributed by atoms with Gasteiger partial charge >= 0.3 is 0 Å². The second-order valence-corrected chi connectivity index (χ2v) is 4.84. The van der Waals surface area contributed by atoms with Crippen molar-refractivity contribution in [2.45, 2.75) is 0 Å². The van der Waals surface area contributed by atoms with Gasteiger partial charge in [-0.3, -0.25) is 4.79 Å². The summed E-state index contributed by atoms with van der Waals surface area (Å²) in [6, 6.07) is 4.62. The zero-order chi connectivity index (χ0) is 13.1. The van der Waals surface area contributed by atoms with Crippen molar-refractivity contribution in [3.05, 3.63) is 44.9 Å². The van der Waals surface area contributed by atoms with E-state index in [4.69, 9.17) is 11.6 Å². The highest BCUT2D eigenvalue weighted by molar-refractivity contribution is 14.1. The Balaban J connectivity index is 2.22. The van der Waals surface area contributed by atoms with E-state index in [1.54, 1.807) is 12.1 Å². The van der Waals surface area contributed by atoms with Gasteiger partial charge in [0.1, 0.15) is 5.75 Å². The van der Waals surface area contributed by atoms with Gasteiger partial charge in [0.15, 0.2) is 11.0 Å². The van der Waals surface area contributed by atoms with Gasteiger partial charge in [-0.2, -0.15) is 0 Å². The number of rotatable bonds is 2. The van der Waals surface area contributed by atoms with Gasteiger partial charge in [-0.1, -0.05) is 11.6 Å². The first-order chi connectivity index (χ1) is 8.58. The minimum absolute atomic E-state index is 0.0495. The van der Waals surface area contributed by atoms with Crippen molar-refractivity contribution >= 4 is 45.9 Å².